The highest BCUT2D eigenvalue weighted by atomic mass is 15.3. The van der Waals surface area contributed by atoms with Crippen molar-refractivity contribution in [2.75, 3.05) is 0 Å². The predicted octanol–water partition coefficient (Wildman–Crippen LogP) is 3.26. The summed E-state index contributed by atoms with van der Waals surface area (Å²) in [5, 5.41) is 4.43. The zero-order valence-electron chi connectivity index (χ0n) is 13.2. The molecular weight excluding hydrogens is 248 g/mol. The van der Waals surface area contributed by atoms with E-state index in [0.29, 0.717) is 5.92 Å². The van der Waals surface area contributed by atoms with Gasteiger partial charge in [-0.3, -0.25) is 16.0 Å². The number of nitrogens with two attached hydrogens (primary N) is 1. The third-order valence-electron chi connectivity index (χ3n) is 4.91. The topological polar surface area (TPSA) is 55.9 Å². The van der Waals surface area contributed by atoms with E-state index in [-0.39, 0.29) is 6.04 Å². The molecular formula is C16H30N4. The lowest BCUT2D eigenvalue weighted by Gasteiger charge is -2.35. The van der Waals surface area contributed by atoms with Crippen LogP contribution in [0.3, 0.4) is 0 Å². The molecule has 4 nitrogen and oxygen atoms in total. The van der Waals surface area contributed by atoms with E-state index in [9.17, 15) is 0 Å². The van der Waals surface area contributed by atoms with Gasteiger partial charge in [0.15, 0.2) is 0 Å². The highest BCUT2D eigenvalue weighted by Crippen LogP contribution is 2.39. The van der Waals surface area contributed by atoms with Crippen molar-refractivity contribution in [1.82, 2.24) is 15.2 Å². The van der Waals surface area contributed by atoms with E-state index in [4.69, 9.17) is 5.84 Å². The van der Waals surface area contributed by atoms with E-state index in [0.717, 1.165) is 24.8 Å². The van der Waals surface area contributed by atoms with Gasteiger partial charge in [-0.25, -0.2) is 0 Å². The maximum Gasteiger partial charge on any atom is 0.0657 e. The number of nitrogens with one attached hydrogen (secondary N) is 1. The van der Waals surface area contributed by atoms with E-state index in [2.05, 4.69) is 42.0 Å². The normalized spacial score (nSPS) is 25.1. The highest BCUT2D eigenvalue weighted by Gasteiger charge is 2.30. The van der Waals surface area contributed by atoms with Crippen LogP contribution in [0.2, 0.25) is 0 Å². The summed E-state index contributed by atoms with van der Waals surface area (Å²) >= 11 is 0. The molecule has 1 heterocycles. The Morgan fingerprint density at radius 2 is 1.95 bits per heavy atom. The van der Waals surface area contributed by atoms with Gasteiger partial charge >= 0.3 is 0 Å². The summed E-state index contributed by atoms with van der Waals surface area (Å²) in [5.74, 6) is 8.21. The molecule has 0 spiro atoms. The van der Waals surface area contributed by atoms with Gasteiger partial charge in [-0.1, -0.05) is 20.8 Å². The van der Waals surface area contributed by atoms with Crippen molar-refractivity contribution in [1.29, 1.82) is 0 Å². The van der Waals surface area contributed by atoms with Crippen molar-refractivity contribution in [3.05, 3.63) is 18.0 Å². The third kappa shape index (κ3) is 3.41. The quantitative estimate of drug-likeness (QED) is 0.620. The smallest absolute Gasteiger partial charge is 0.0657 e. The summed E-state index contributed by atoms with van der Waals surface area (Å²) in [6.07, 6.45) is 8.22. The third-order valence-corrected chi connectivity index (χ3v) is 4.91. The Labute approximate surface area is 123 Å². The fourth-order valence-corrected chi connectivity index (χ4v) is 3.61. The predicted molar refractivity (Wildman–Crippen MR) is 82.9 cm³/mol. The molecule has 1 aromatic rings. The second-order valence-corrected chi connectivity index (χ2v) is 6.54. The Morgan fingerprint density at radius 1 is 1.30 bits per heavy atom. The minimum Gasteiger partial charge on any atom is -0.271 e. The molecule has 1 fully saturated rings. The Bertz CT molecular complexity index is 391. The molecule has 2 rings (SSSR count). The molecule has 0 radical (unpaired) electrons. The monoisotopic (exact) mass is 278 g/mol. The first-order valence-electron chi connectivity index (χ1n) is 8.15. The summed E-state index contributed by atoms with van der Waals surface area (Å²) in [7, 11) is 0. The summed E-state index contributed by atoms with van der Waals surface area (Å²) < 4.78 is 2.11. The Balaban J connectivity index is 2.04. The lowest BCUT2D eigenvalue weighted by atomic mass is 9.74. The van der Waals surface area contributed by atoms with Crippen LogP contribution < -0.4 is 11.3 Å². The first-order chi connectivity index (χ1) is 9.67. The zero-order valence-corrected chi connectivity index (χ0v) is 13.2. The number of hydrogen-bond acceptors (Lipinski definition) is 3. The lowest BCUT2D eigenvalue weighted by Crippen LogP contribution is -2.37. The van der Waals surface area contributed by atoms with Crippen LogP contribution in [0.15, 0.2) is 12.3 Å². The van der Waals surface area contributed by atoms with Crippen LogP contribution in [0.4, 0.5) is 0 Å². The molecule has 1 atom stereocenters. The Hall–Kier alpha value is -0.870. The molecule has 20 heavy (non-hydrogen) atoms. The molecule has 1 aromatic heterocycles. The van der Waals surface area contributed by atoms with Crippen LogP contribution in [0.5, 0.6) is 0 Å². The van der Waals surface area contributed by atoms with Crippen LogP contribution in [0.1, 0.15) is 64.6 Å². The number of aromatic nitrogens is 2. The first kappa shape index (κ1) is 15.5. The van der Waals surface area contributed by atoms with Crippen molar-refractivity contribution in [2.45, 2.75) is 65.5 Å². The van der Waals surface area contributed by atoms with Crippen LogP contribution in [0, 0.1) is 17.8 Å². The van der Waals surface area contributed by atoms with Gasteiger partial charge in [0.2, 0.25) is 0 Å². The second kappa shape index (κ2) is 7.23. The number of rotatable bonds is 6. The van der Waals surface area contributed by atoms with Crippen LogP contribution in [-0.2, 0) is 6.54 Å². The fraction of sp³-hybridized carbons (Fsp3) is 0.812. The minimum absolute atomic E-state index is 0.247. The Kier molecular flexibility index (Phi) is 5.61. The van der Waals surface area contributed by atoms with Crippen LogP contribution in [0.25, 0.3) is 0 Å². The fourth-order valence-electron chi connectivity index (χ4n) is 3.61. The van der Waals surface area contributed by atoms with Crippen molar-refractivity contribution in [3.8, 4) is 0 Å². The molecule has 0 bridgehead atoms. The molecule has 1 saturated carbocycles. The molecule has 1 unspecified atom stereocenters. The van der Waals surface area contributed by atoms with Gasteiger partial charge < -0.3 is 0 Å². The van der Waals surface area contributed by atoms with Crippen molar-refractivity contribution < 1.29 is 0 Å². The van der Waals surface area contributed by atoms with Gasteiger partial charge in [-0.2, -0.15) is 5.10 Å². The van der Waals surface area contributed by atoms with Gasteiger partial charge in [0.1, 0.15) is 0 Å². The molecule has 3 N–H and O–H groups in total. The molecule has 0 aliphatic heterocycles. The van der Waals surface area contributed by atoms with Gasteiger partial charge in [-0.15, -0.1) is 0 Å². The van der Waals surface area contributed by atoms with E-state index >= 15 is 0 Å². The second-order valence-electron chi connectivity index (χ2n) is 6.54. The average molecular weight is 278 g/mol. The van der Waals surface area contributed by atoms with E-state index in [1.165, 1.54) is 31.4 Å². The molecule has 0 saturated heterocycles. The first-order valence-corrected chi connectivity index (χ1v) is 8.15. The van der Waals surface area contributed by atoms with E-state index < -0.39 is 0 Å². The summed E-state index contributed by atoms with van der Waals surface area (Å²) in [6, 6.07) is 2.37. The standard InChI is InChI=1S/C16H30N4/c1-4-11-20-15(9-10-18-20)16(19-17)14-7-5-13(6-8-14)12(2)3/h9-10,12-14,16,19H,4-8,11,17H2,1-3H3. The van der Waals surface area contributed by atoms with Crippen LogP contribution >= 0.6 is 0 Å². The highest BCUT2D eigenvalue weighted by molar-refractivity contribution is 5.09. The molecule has 1 aliphatic rings. The van der Waals surface area contributed by atoms with Gasteiger partial charge in [0.25, 0.3) is 0 Å². The molecule has 0 aromatic carbocycles. The van der Waals surface area contributed by atoms with Crippen molar-refractivity contribution in [2.24, 2.45) is 23.6 Å². The van der Waals surface area contributed by atoms with Gasteiger partial charge in [0, 0.05) is 12.7 Å². The molecule has 0 amide bonds. The lowest BCUT2D eigenvalue weighted by molar-refractivity contribution is 0.185. The SMILES string of the molecule is CCCn1nccc1C(NN)C1CCC(C(C)C)CC1. The minimum atomic E-state index is 0.247. The van der Waals surface area contributed by atoms with Crippen LogP contribution in [-0.4, -0.2) is 9.78 Å². The van der Waals surface area contributed by atoms with Crippen molar-refractivity contribution >= 4 is 0 Å². The summed E-state index contributed by atoms with van der Waals surface area (Å²) in [5.41, 5.74) is 4.31. The largest absolute Gasteiger partial charge is 0.271 e. The number of nitrogens with zero attached hydrogens (tertiary/aromatic N) is 2. The van der Waals surface area contributed by atoms with Crippen molar-refractivity contribution in [3.63, 3.8) is 0 Å². The Morgan fingerprint density at radius 3 is 2.50 bits per heavy atom. The maximum absolute atomic E-state index is 5.86. The molecule has 114 valence electrons. The van der Waals surface area contributed by atoms with E-state index in [1.807, 2.05) is 6.20 Å². The molecule has 4 heteroatoms. The molecule has 1 aliphatic carbocycles. The number of aryl methyl sites for hydroxylation is 1. The van der Waals surface area contributed by atoms with Gasteiger partial charge in [-0.05, 0) is 55.9 Å². The number of hydrazine groups is 1. The zero-order chi connectivity index (χ0) is 14.5. The summed E-state index contributed by atoms with van der Waals surface area (Å²) in [6.45, 7) is 7.85. The number of hydrogen-bond donors (Lipinski definition) is 2. The maximum atomic E-state index is 5.86. The van der Waals surface area contributed by atoms with E-state index in [1.54, 1.807) is 0 Å². The summed E-state index contributed by atoms with van der Waals surface area (Å²) in [4.78, 5) is 0. The van der Waals surface area contributed by atoms with Gasteiger partial charge in [0.05, 0.1) is 11.7 Å². The average Bonchev–Trinajstić information content (AvgIpc) is 2.89.